The molecule has 3 aromatic rings. The van der Waals surface area contributed by atoms with E-state index in [0.717, 1.165) is 36.5 Å². The zero-order chi connectivity index (χ0) is 30.3. The van der Waals surface area contributed by atoms with Gasteiger partial charge >= 0.3 is 5.97 Å². The molecule has 5 rings (SSSR count). The number of nitro benzene ring substituents is 1. The molecule has 1 aromatic carbocycles. The normalized spacial score (nSPS) is 17.5. The van der Waals surface area contributed by atoms with Crippen molar-refractivity contribution in [3.63, 3.8) is 0 Å². The second kappa shape index (κ2) is 11.0. The first-order chi connectivity index (χ1) is 19.9. The minimum absolute atomic E-state index is 0.0667. The van der Waals surface area contributed by atoms with Crippen LogP contribution in [0.5, 0.6) is 5.75 Å². The van der Waals surface area contributed by atoms with Gasteiger partial charge in [-0.25, -0.2) is 9.78 Å². The first-order valence-corrected chi connectivity index (χ1v) is 13.8. The number of carboxylic acids is 1. The Morgan fingerprint density at radius 1 is 1.26 bits per heavy atom. The lowest BCUT2D eigenvalue weighted by atomic mass is 9.91. The van der Waals surface area contributed by atoms with Gasteiger partial charge in [-0.1, -0.05) is 13.8 Å². The molecule has 0 unspecified atom stereocenters. The molecule has 42 heavy (non-hydrogen) atoms. The van der Waals surface area contributed by atoms with Crippen molar-refractivity contribution in [2.24, 2.45) is 0 Å². The van der Waals surface area contributed by atoms with Crippen molar-refractivity contribution in [3.05, 3.63) is 57.5 Å². The van der Waals surface area contributed by atoms with Crippen LogP contribution >= 0.6 is 0 Å². The van der Waals surface area contributed by atoms with Crippen LogP contribution < -0.4 is 19.9 Å². The number of carboxylic acid groups (broad SMARTS) is 1. The number of nitrogens with one attached hydrogen (secondary N) is 1. The van der Waals surface area contributed by atoms with E-state index >= 15 is 0 Å². The fraction of sp³-hybridized carbons (Fsp3) is 0.448. The van der Waals surface area contributed by atoms with Crippen molar-refractivity contribution >= 4 is 40.5 Å². The van der Waals surface area contributed by atoms with Crippen LogP contribution in [0.15, 0.2) is 30.5 Å². The maximum absolute atomic E-state index is 12.3. The quantitative estimate of drug-likeness (QED) is 0.273. The van der Waals surface area contributed by atoms with Gasteiger partial charge in [-0.15, -0.1) is 0 Å². The highest BCUT2D eigenvalue weighted by Gasteiger charge is 2.39. The van der Waals surface area contributed by atoms with Crippen LogP contribution in [0.2, 0.25) is 0 Å². The summed E-state index contributed by atoms with van der Waals surface area (Å²) in [6.45, 7) is 7.96. The molecule has 1 atom stereocenters. The summed E-state index contributed by atoms with van der Waals surface area (Å²) in [7, 11) is 5.47. The van der Waals surface area contributed by atoms with E-state index in [0.29, 0.717) is 30.2 Å². The summed E-state index contributed by atoms with van der Waals surface area (Å²) in [5.74, 6) is -0.510. The Kier molecular flexibility index (Phi) is 7.62. The highest BCUT2D eigenvalue weighted by atomic mass is 16.6. The number of aryl methyl sites for hydroxylation is 1. The highest BCUT2D eigenvalue weighted by Crippen LogP contribution is 2.45. The fourth-order valence-electron chi connectivity index (χ4n) is 5.88. The second-order valence-corrected chi connectivity index (χ2v) is 11.7. The number of pyridine rings is 1. The first kappa shape index (κ1) is 29.0. The zero-order valence-corrected chi connectivity index (χ0v) is 24.7. The van der Waals surface area contributed by atoms with Gasteiger partial charge in [-0.3, -0.25) is 15.1 Å². The number of ether oxygens (including phenoxy) is 1. The predicted molar refractivity (Wildman–Crippen MR) is 160 cm³/mol. The topological polar surface area (TPSA) is 150 Å². The van der Waals surface area contributed by atoms with Crippen LogP contribution in [0.25, 0.3) is 0 Å². The summed E-state index contributed by atoms with van der Waals surface area (Å²) < 4.78 is 5.66. The number of aromatic carboxylic acids is 1. The standard InChI is InChI=1S/C29H36N8O5/c1-17-9-10-21-25(31-17)29(2,3)16-36(21)26-19(27(38)39)14-30-28(33-26)32-20-12-23(37(40)41)22(13-24(20)42-6)35-11-7-8-18(35)15-34(4)5/h9-10,12-14,18H,7-8,11,15-16H2,1-6H3,(H,38,39)(H,30,32,33)/t18-/m1/s1. The van der Waals surface area contributed by atoms with Crippen LogP contribution in [-0.2, 0) is 5.41 Å². The van der Waals surface area contributed by atoms with Gasteiger partial charge in [0.15, 0.2) is 5.82 Å². The van der Waals surface area contributed by atoms with Gasteiger partial charge in [0.05, 0.1) is 29.1 Å². The minimum Gasteiger partial charge on any atom is -0.494 e. The number of likely N-dealkylation sites (N-methyl/N-ethyl adjacent to an activating group) is 1. The zero-order valence-electron chi connectivity index (χ0n) is 24.7. The molecular weight excluding hydrogens is 540 g/mol. The van der Waals surface area contributed by atoms with Crippen molar-refractivity contribution in [3.8, 4) is 5.75 Å². The summed E-state index contributed by atoms with van der Waals surface area (Å²) in [5, 5.41) is 25.3. The molecule has 1 fully saturated rings. The molecule has 2 aromatic heterocycles. The SMILES string of the molecule is COc1cc(N2CCC[C@@H]2CN(C)C)c([N+](=O)[O-])cc1Nc1ncc(C(=O)O)c(N2CC(C)(C)c3nc(C)ccc32)n1. The van der Waals surface area contributed by atoms with Crippen LogP contribution in [0, 0.1) is 17.0 Å². The lowest BCUT2D eigenvalue weighted by Gasteiger charge is -2.29. The molecule has 222 valence electrons. The van der Waals surface area contributed by atoms with E-state index in [2.05, 4.69) is 25.1 Å². The molecule has 2 aliphatic rings. The van der Waals surface area contributed by atoms with Gasteiger partial charge in [0.1, 0.15) is 17.0 Å². The number of rotatable bonds is 9. The maximum atomic E-state index is 12.3. The van der Waals surface area contributed by atoms with E-state index in [-0.39, 0.29) is 34.5 Å². The molecule has 2 aliphatic heterocycles. The largest absolute Gasteiger partial charge is 0.494 e. The lowest BCUT2D eigenvalue weighted by molar-refractivity contribution is -0.384. The number of nitro groups is 1. The molecule has 0 spiro atoms. The number of anilines is 5. The average molecular weight is 577 g/mol. The molecule has 0 radical (unpaired) electrons. The van der Waals surface area contributed by atoms with Crippen LogP contribution in [-0.4, -0.2) is 82.7 Å². The van der Waals surface area contributed by atoms with Gasteiger partial charge in [0.2, 0.25) is 5.95 Å². The van der Waals surface area contributed by atoms with Gasteiger partial charge < -0.3 is 29.9 Å². The summed E-state index contributed by atoms with van der Waals surface area (Å²) in [4.78, 5) is 43.6. The summed E-state index contributed by atoms with van der Waals surface area (Å²) in [5.41, 5.74) is 2.80. The number of hydrogen-bond donors (Lipinski definition) is 2. The second-order valence-electron chi connectivity index (χ2n) is 11.7. The van der Waals surface area contributed by atoms with Crippen LogP contribution in [0.1, 0.15) is 48.4 Å². The Morgan fingerprint density at radius 2 is 2.02 bits per heavy atom. The van der Waals surface area contributed by atoms with E-state index in [1.165, 1.54) is 19.4 Å². The molecule has 0 bridgehead atoms. The third kappa shape index (κ3) is 5.39. The third-order valence-electron chi connectivity index (χ3n) is 7.76. The molecule has 4 heterocycles. The molecular formula is C29H36N8O5. The van der Waals surface area contributed by atoms with Gasteiger partial charge in [-0.05, 0) is 46.0 Å². The number of hydrogen-bond acceptors (Lipinski definition) is 11. The molecule has 13 heteroatoms. The summed E-state index contributed by atoms with van der Waals surface area (Å²) in [6.07, 6.45) is 3.12. The number of benzene rings is 1. The highest BCUT2D eigenvalue weighted by molar-refractivity contribution is 5.95. The summed E-state index contributed by atoms with van der Waals surface area (Å²) in [6, 6.07) is 7.04. The number of nitrogens with zero attached hydrogens (tertiary/aromatic N) is 7. The van der Waals surface area contributed by atoms with E-state index < -0.39 is 10.9 Å². The molecule has 13 nitrogen and oxygen atoms in total. The molecule has 0 aliphatic carbocycles. The van der Waals surface area contributed by atoms with Crippen LogP contribution in [0.4, 0.5) is 34.5 Å². The molecule has 0 amide bonds. The molecule has 0 saturated carbocycles. The number of carbonyl (C=O) groups is 1. The summed E-state index contributed by atoms with van der Waals surface area (Å²) >= 11 is 0. The van der Waals surface area contributed by atoms with E-state index in [9.17, 15) is 20.0 Å². The average Bonchev–Trinajstić information content (AvgIpc) is 3.48. The van der Waals surface area contributed by atoms with Crippen molar-refractivity contribution in [1.82, 2.24) is 19.9 Å². The minimum atomic E-state index is -1.17. The third-order valence-corrected chi connectivity index (χ3v) is 7.76. The fourth-order valence-corrected chi connectivity index (χ4v) is 5.88. The Labute approximate surface area is 244 Å². The Hall–Kier alpha value is -4.52. The number of fused-ring (bicyclic) bond motifs is 1. The van der Waals surface area contributed by atoms with Crippen molar-refractivity contribution in [2.75, 3.05) is 56.0 Å². The van der Waals surface area contributed by atoms with Gasteiger partial charge in [0, 0.05) is 55.1 Å². The Balaban J connectivity index is 1.55. The number of methoxy groups -OCH3 is 1. The van der Waals surface area contributed by atoms with Crippen LogP contribution in [0.3, 0.4) is 0 Å². The molecule has 2 N–H and O–H groups in total. The van der Waals surface area contributed by atoms with Gasteiger partial charge in [-0.2, -0.15) is 4.98 Å². The van der Waals surface area contributed by atoms with E-state index in [1.54, 1.807) is 6.07 Å². The first-order valence-electron chi connectivity index (χ1n) is 13.8. The monoisotopic (exact) mass is 576 g/mol. The van der Waals surface area contributed by atoms with Crippen molar-refractivity contribution in [2.45, 2.75) is 45.1 Å². The lowest BCUT2D eigenvalue weighted by Crippen LogP contribution is -2.37. The maximum Gasteiger partial charge on any atom is 0.341 e. The predicted octanol–water partition coefficient (Wildman–Crippen LogP) is 4.50. The number of aromatic nitrogens is 3. The van der Waals surface area contributed by atoms with E-state index in [4.69, 9.17) is 9.72 Å². The smallest absolute Gasteiger partial charge is 0.341 e. The van der Waals surface area contributed by atoms with Crippen molar-refractivity contribution in [1.29, 1.82) is 0 Å². The Bertz CT molecular complexity index is 1540. The molecule has 1 saturated heterocycles. The van der Waals surface area contributed by atoms with Crippen molar-refractivity contribution < 1.29 is 19.6 Å². The van der Waals surface area contributed by atoms with E-state index in [1.807, 2.05) is 51.9 Å². The Morgan fingerprint density at radius 3 is 2.69 bits per heavy atom. The van der Waals surface area contributed by atoms with Gasteiger partial charge in [0.25, 0.3) is 5.69 Å².